The second-order valence-electron chi connectivity index (χ2n) is 9.42. The van der Waals surface area contributed by atoms with Crippen LogP contribution in [0.5, 0.6) is 5.75 Å². The number of rotatable bonds is 6. The van der Waals surface area contributed by atoms with Gasteiger partial charge in [0.1, 0.15) is 17.7 Å². The fraction of sp³-hybridized carbons (Fsp3) is 0.276. The normalized spacial score (nSPS) is 16.8. The number of carbonyl (C=O) groups is 2. The summed E-state index contributed by atoms with van der Waals surface area (Å²) in [6, 6.07) is 13.3. The van der Waals surface area contributed by atoms with Crippen molar-refractivity contribution in [1.82, 2.24) is 15.2 Å². The van der Waals surface area contributed by atoms with E-state index in [1.165, 1.54) is 6.08 Å². The van der Waals surface area contributed by atoms with Crippen molar-refractivity contribution in [3.8, 4) is 16.9 Å². The standard InChI is InChI=1S/C29H29ClN4O4/c1-18-12-20(4-5-24(18)29(36)34-8-10-37-11-9-34)21-13-22-14-23(38-28(22)25(30)15-21)17-33-27(35)7-3-19-2-6-26(31)32-16-19/h2-7,12-13,15-16,23H,8-11,14,17H2,1H3,(H2,31,32)(H,33,35). The molecule has 1 saturated heterocycles. The number of morpholine rings is 1. The lowest BCUT2D eigenvalue weighted by molar-refractivity contribution is -0.116. The fourth-order valence-corrected chi connectivity index (χ4v) is 4.93. The largest absolute Gasteiger partial charge is 0.486 e. The minimum absolute atomic E-state index is 0.0302. The molecule has 1 unspecified atom stereocenters. The van der Waals surface area contributed by atoms with Crippen LogP contribution in [0, 0.1) is 6.92 Å². The van der Waals surface area contributed by atoms with Crippen molar-refractivity contribution >= 4 is 35.3 Å². The van der Waals surface area contributed by atoms with E-state index in [0.29, 0.717) is 61.4 Å². The van der Waals surface area contributed by atoms with Gasteiger partial charge in [-0.05, 0) is 65.6 Å². The molecule has 2 aromatic carbocycles. The van der Waals surface area contributed by atoms with E-state index < -0.39 is 0 Å². The molecular formula is C29H29ClN4O4. The Morgan fingerprint density at radius 2 is 1.97 bits per heavy atom. The number of anilines is 1. The topological polar surface area (TPSA) is 107 Å². The summed E-state index contributed by atoms with van der Waals surface area (Å²) in [5, 5.41) is 3.40. The first-order chi connectivity index (χ1) is 18.4. The summed E-state index contributed by atoms with van der Waals surface area (Å²) in [6.45, 7) is 4.66. The van der Waals surface area contributed by atoms with Crippen LogP contribution >= 0.6 is 11.6 Å². The molecule has 3 heterocycles. The van der Waals surface area contributed by atoms with Gasteiger partial charge in [-0.3, -0.25) is 9.59 Å². The number of aryl methyl sites for hydroxylation is 1. The zero-order chi connectivity index (χ0) is 26.6. The number of nitrogens with two attached hydrogens (primary N) is 1. The highest BCUT2D eigenvalue weighted by Crippen LogP contribution is 2.40. The van der Waals surface area contributed by atoms with Gasteiger partial charge in [-0.2, -0.15) is 0 Å². The molecule has 3 aromatic rings. The number of halogens is 1. The molecule has 5 rings (SSSR count). The Kier molecular flexibility index (Phi) is 7.62. The predicted octanol–water partition coefficient (Wildman–Crippen LogP) is 3.90. The van der Waals surface area contributed by atoms with Crippen LogP contribution in [-0.4, -0.2) is 60.7 Å². The van der Waals surface area contributed by atoms with E-state index in [4.69, 9.17) is 26.8 Å². The fourth-order valence-electron chi connectivity index (χ4n) is 4.65. The third-order valence-corrected chi connectivity index (χ3v) is 6.96. The monoisotopic (exact) mass is 532 g/mol. The highest BCUT2D eigenvalue weighted by Gasteiger charge is 2.27. The second-order valence-corrected chi connectivity index (χ2v) is 9.83. The van der Waals surface area contributed by atoms with E-state index in [2.05, 4.69) is 16.4 Å². The van der Waals surface area contributed by atoms with Gasteiger partial charge in [0.2, 0.25) is 5.91 Å². The predicted molar refractivity (Wildman–Crippen MR) is 147 cm³/mol. The molecule has 2 aliphatic heterocycles. The SMILES string of the molecule is Cc1cc(-c2cc(Cl)c3c(c2)CC(CNC(=O)C=Cc2ccc(N)nc2)O3)ccc1C(=O)N1CCOCC1. The first-order valence-corrected chi connectivity index (χ1v) is 12.9. The molecular weight excluding hydrogens is 504 g/mol. The van der Waals surface area contributed by atoms with Crippen molar-refractivity contribution in [3.63, 3.8) is 0 Å². The highest BCUT2D eigenvalue weighted by atomic mass is 35.5. The number of hydrogen-bond acceptors (Lipinski definition) is 6. The van der Waals surface area contributed by atoms with E-state index in [0.717, 1.165) is 27.8 Å². The van der Waals surface area contributed by atoms with Crippen molar-refractivity contribution in [2.45, 2.75) is 19.4 Å². The van der Waals surface area contributed by atoms with Gasteiger partial charge in [0.15, 0.2) is 0 Å². The first kappa shape index (κ1) is 25.8. The molecule has 1 aromatic heterocycles. The summed E-state index contributed by atoms with van der Waals surface area (Å²) in [7, 11) is 0. The first-order valence-electron chi connectivity index (χ1n) is 12.5. The Morgan fingerprint density at radius 1 is 1.16 bits per heavy atom. The third-order valence-electron chi connectivity index (χ3n) is 6.68. The number of carbonyl (C=O) groups excluding carboxylic acids is 2. The molecule has 0 bridgehead atoms. The number of ether oxygens (including phenoxy) is 2. The van der Waals surface area contributed by atoms with Gasteiger partial charge >= 0.3 is 0 Å². The molecule has 0 aliphatic carbocycles. The van der Waals surface area contributed by atoms with Crippen LogP contribution < -0.4 is 15.8 Å². The van der Waals surface area contributed by atoms with Crippen molar-refractivity contribution in [1.29, 1.82) is 0 Å². The van der Waals surface area contributed by atoms with Crippen molar-refractivity contribution in [2.24, 2.45) is 0 Å². The molecule has 1 atom stereocenters. The lowest BCUT2D eigenvalue weighted by atomic mass is 9.97. The van der Waals surface area contributed by atoms with Gasteiger partial charge in [-0.15, -0.1) is 0 Å². The summed E-state index contributed by atoms with van der Waals surface area (Å²) in [5.74, 6) is 0.879. The van der Waals surface area contributed by atoms with Crippen molar-refractivity contribution in [3.05, 3.63) is 82.0 Å². The Hall–Kier alpha value is -3.88. The molecule has 2 aliphatic rings. The van der Waals surface area contributed by atoms with Crippen molar-refractivity contribution in [2.75, 3.05) is 38.6 Å². The molecule has 8 nitrogen and oxygen atoms in total. The average Bonchev–Trinajstić information content (AvgIpc) is 3.35. The number of amides is 2. The van der Waals surface area contributed by atoms with E-state index >= 15 is 0 Å². The van der Waals surface area contributed by atoms with Crippen molar-refractivity contribution < 1.29 is 19.1 Å². The van der Waals surface area contributed by atoms with Crippen LogP contribution in [0.3, 0.4) is 0 Å². The maximum absolute atomic E-state index is 12.9. The van der Waals surface area contributed by atoms with E-state index in [1.807, 2.05) is 36.1 Å². The molecule has 38 heavy (non-hydrogen) atoms. The summed E-state index contributed by atoms with van der Waals surface area (Å²) in [5.41, 5.74) is 10.9. The zero-order valence-electron chi connectivity index (χ0n) is 21.1. The van der Waals surface area contributed by atoms with Crippen LogP contribution in [0.25, 0.3) is 17.2 Å². The van der Waals surface area contributed by atoms with Gasteiger partial charge in [0.05, 0.1) is 24.8 Å². The molecule has 2 amide bonds. The van der Waals surface area contributed by atoms with E-state index in [-0.39, 0.29) is 17.9 Å². The Bertz CT molecular complexity index is 1380. The summed E-state index contributed by atoms with van der Waals surface area (Å²) in [4.78, 5) is 31.0. The lowest BCUT2D eigenvalue weighted by Gasteiger charge is -2.27. The van der Waals surface area contributed by atoms with E-state index in [9.17, 15) is 9.59 Å². The molecule has 196 valence electrons. The quantitative estimate of drug-likeness (QED) is 0.466. The number of hydrogen-bond donors (Lipinski definition) is 2. The Balaban J connectivity index is 1.22. The Morgan fingerprint density at radius 3 is 2.71 bits per heavy atom. The Labute approximate surface area is 226 Å². The molecule has 0 radical (unpaired) electrons. The molecule has 1 fully saturated rings. The minimum Gasteiger partial charge on any atom is -0.486 e. The van der Waals surface area contributed by atoms with Gasteiger partial charge in [-0.25, -0.2) is 4.98 Å². The van der Waals surface area contributed by atoms with Crippen LogP contribution in [0.15, 0.2) is 54.7 Å². The maximum atomic E-state index is 12.9. The van der Waals surface area contributed by atoms with Crippen LogP contribution in [0.4, 0.5) is 5.82 Å². The lowest BCUT2D eigenvalue weighted by Crippen LogP contribution is -2.40. The van der Waals surface area contributed by atoms with E-state index in [1.54, 1.807) is 24.4 Å². The zero-order valence-corrected chi connectivity index (χ0v) is 21.8. The van der Waals surface area contributed by atoms with Gasteiger partial charge < -0.3 is 25.4 Å². The third kappa shape index (κ3) is 5.82. The molecule has 9 heteroatoms. The van der Waals surface area contributed by atoms with Crippen LogP contribution in [0.2, 0.25) is 5.02 Å². The number of pyridine rings is 1. The highest BCUT2D eigenvalue weighted by molar-refractivity contribution is 6.32. The molecule has 0 spiro atoms. The van der Waals surface area contributed by atoms with Gasteiger partial charge in [0, 0.05) is 42.9 Å². The average molecular weight is 533 g/mol. The number of fused-ring (bicyclic) bond motifs is 1. The smallest absolute Gasteiger partial charge is 0.254 e. The summed E-state index contributed by atoms with van der Waals surface area (Å²) < 4.78 is 11.4. The number of aromatic nitrogens is 1. The number of nitrogens with zero attached hydrogens (tertiary/aromatic N) is 2. The molecule has 3 N–H and O–H groups in total. The van der Waals surface area contributed by atoms with Gasteiger partial charge in [0.25, 0.3) is 5.91 Å². The number of nitrogens with one attached hydrogen (secondary N) is 1. The number of benzene rings is 2. The number of nitrogen functional groups attached to an aromatic ring is 1. The minimum atomic E-state index is -0.227. The van der Waals surface area contributed by atoms with Crippen LogP contribution in [0.1, 0.15) is 27.0 Å². The summed E-state index contributed by atoms with van der Waals surface area (Å²) >= 11 is 6.59. The second kappa shape index (κ2) is 11.2. The summed E-state index contributed by atoms with van der Waals surface area (Å²) in [6.07, 6.45) is 5.14. The molecule has 0 saturated carbocycles. The van der Waals surface area contributed by atoms with Gasteiger partial charge in [-0.1, -0.05) is 23.7 Å². The van der Waals surface area contributed by atoms with Crippen LogP contribution in [-0.2, 0) is 16.0 Å². The maximum Gasteiger partial charge on any atom is 0.254 e.